The van der Waals surface area contributed by atoms with Gasteiger partial charge < -0.3 is 9.64 Å². The fraction of sp³-hybridized carbons (Fsp3) is 0.300. The molecule has 0 fully saturated rings. The van der Waals surface area contributed by atoms with Gasteiger partial charge in [0.05, 0.1) is 17.5 Å². The lowest BCUT2D eigenvalue weighted by atomic mass is 10.1. The Bertz CT molecular complexity index is 989. The summed E-state index contributed by atoms with van der Waals surface area (Å²) >= 11 is 0. The van der Waals surface area contributed by atoms with Crippen LogP contribution in [0.25, 0.3) is 0 Å². The van der Waals surface area contributed by atoms with Gasteiger partial charge in [0.25, 0.3) is 5.91 Å². The van der Waals surface area contributed by atoms with Gasteiger partial charge in [-0.25, -0.2) is 13.2 Å². The fourth-order valence-electron chi connectivity index (χ4n) is 3.24. The SMILES string of the molecule is CCN(C(=O)COC(=O)c1ccc2c(c1)CCN2S(C)(=O)=O)c1ccccc1. The molecule has 0 unspecified atom stereocenters. The average molecular weight is 402 g/mol. The molecule has 0 saturated carbocycles. The lowest BCUT2D eigenvalue weighted by Gasteiger charge is -2.20. The number of benzene rings is 2. The van der Waals surface area contributed by atoms with E-state index in [4.69, 9.17) is 4.74 Å². The minimum absolute atomic E-state index is 0.296. The molecular weight excluding hydrogens is 380 g/mol. The molecule has 148 valence electrons. The van der Waals surface area contributed by atoms with E-state index >= 15 is 0 Å². The molecule has 28 heavy (non-hydrogen) atoms. The molecule has 0 N–H and O–H groups in total. The smallest absolute Gasteiger partial charge is 0.338 e. The number of likely N-dealkylation sites (N-methyl/N-ethyl adjacent to an activating group) is 1. The second-order valence-corrected chi connectivity index (χ2v) is 8.39. The Labute approximate surface area is 164 Å². The van der Waals surface area contributed by atoms with E-state index < -0.39 is 16.0 Å². The van der Waals surface area contributed by atoms with Gasteiger partial charge in [0.1, 0.15) is 0 Å². The summed E-state index contributed by atoms with van der Waals surface area (Å²) in [6.45, 7) is 2.29. The summed E-state index contributed by atoms with van der Waals surface area (Å²) in [7, 11) is -3.34. The molecule has 0 atom stereocenters. The van der Waals surface area contributed by atoms with Crippen molar-refractivity contribution in [3.05, 3.63) is 59.7 Å². The second kappa shape index (κ2) is 8.02. The van der Waals surface area contributed by atoms with Gasteiger partial charge in [-0.1, -0.05) is 18.2 Å². The van der Waals surface area contributed by atoms with Crippen molar-refractivity contribution in [3.63, 3.8) is 0 Å². The molecule has 1 aliphatic heterocycles. The van der Waals surface area contributed by atoms with Gasteiger partial charge in [-0.05, 0) is 49.2 Å². The van der Waals surface area contributed by atoms with Crippen LogP contribution in [0.5, 0.6) is 0 Å². The van der Waals surface area contributed by atoms with Crippen LogP contribution in [0, 0.1) is 0 Å². The summed E-state index contributed by atoms with van der Waals surface area (Å²) in [5.74, 6) is -0.926. The standard InChI is InChI=1S/C20H22N2O5S/c1-3-21(17-7-5-4-6-8-17)19(23)14-27-20(24)16-9-10-18-15(13-16)11-12-22(18)28(2,25)26/h4-10,13H,3,11-12,14H2,1-2H3. The Kier molecular flexibility index (Phi) is 5.69. The summed E-state index contributed by atoms with van der Waals surface area (Å²) < 4.78 is 30.1. The molecule has 2 aromatic carbocycles. The number of hydrogen-bond donors (Lipinski definition) is 0. The Morgan fingerprint density at radius 1 is 1.14 bits per heavy atom. The van der Waals surface area contributed by atoms with Crippen molar-refractivity contribution < 1.29 is 22.7 Å². The van der Waals surface area contributed by atoms with E-state index in [1.54, 1.807) is 17.0 Å². The van der Waals surface area contributed by atoms with Crippen molar-refractivity contribution >= 4 is 33.3 Å². The van der Waals surface area contributed by atoms with Crippen molar-refractivity contribution in [2.75, 3.05) is 35.2 Å². The quantitative estimate of drug-likeness (QED) is 0.692. The minimum atomic E-state index is -3.34. The van der Waals surface area contributed by atoms with E-state index in [9.17, 15) is 18.0 Å². The summed E-state index contributed by atoms with van der Waals surface area (Å²) in [6.07, 6.45) is 1.68. The third-order valence-corrected chi connectivity index (χ3v) is 5.76. The number of esters is 1. The first-order chi connectivity index (χ1) is 13.3. The van der Waals surface area contributed by atoms with Crippen LogP contribution in [0.3, 0.4) is 0 Å². The predicted octanol–water partition coefficient (Wildman–Crippen LogP) is 2.22. The van der Waals surface area contributed by atoms with Gasteiger partial charge in [0, 0.05) is 18.8 Å². The number of para-hydroxylation sites is 1. The summed E-state index contributed by atoms with van der Waals surface area (Å²) in [5, 5.41) is 0. The van der Waals surface area contributed by atoms with E-state index in [-0.39, 0.29) is 12.5 Å². The molecule has 1 heterocycles. The van der Waals surface area contributed by atoms with Gasteiger partial charge in [0.2, 0.25) is 10.0 Å². The number of fused-ring (bicyclic) bond motifs is 1. The Morgan fingerprint density at radius 2 is 1.86 bits per heavy atom. The molecule has 0 spiro atoms. The van der Waals surface area contributed by atoms with E-state index in [1.165, 1.54) is 10.4 Å². The molecule has 1 aliphatic rings. The second-order valence-electron chi connectivity index (χ2n) is 6.48. The normalized spacial score (nSPS) is 13.1. The van der Waals surface area contributed by atoms with Crippen molar-refractivity contribution in [1.82, 2.24) is 0 Å². The molecular formula is C20H22N2O5S. The van der Waals surface area contributed by atoms with Crippen LogP contribution in [0.15, 0.2) is 48.5 Å². The van der Waals surface area contributed by atoms with Gasteiger partial charge >= 0.3 is 5.97 Å². The number of hydrogen-bond acceptors (Lipinski definition) is 5. The minimum Gasteiger partial charge on any atom is -0.452 e. The van der Waals surface area contributed by atoms with Crippen LogP contribution in [0.4, 0.5) is 11.4 Å². The number of carbonyl (C=O) groups is 2. The first-order valence-electron chi connectivity index (χ1n) is 8.94. The first-order valence-corrected chi connectivity index (χ1v) is 10.8. The highest BCUT2D eigenvalue weighted by Gasteiger charge is 2.27. The number of ether oxygens (including phenoxy) is 1. The van der Waals surface area contributed by atoms with Crippen molar-refractivity contribution in [1.29, 1.82) is 0 Å². The molecule has 0 radical (unpaired) electrons. The Hall–Kier alpha value is -2.87. The van der Waals surface area contributed by atoms with Crippen LogP contribution in [0.1, 0.15) is 22.8 Å². The molecule has 0 aliphatic carbocycles. The zero-order valence-electron chi connectivity index (χ0n) is 15.8. The van der Waals surface area contributed by atoms with Crippen LogP contribution < -0.4 is 9.21 Å². The van der Waals surface area contributed by atoms with Gasteiger partial charge in [0.15, 0.2) is 6.61 Å². The molecule has 8 heteroatoms. The van der Waals surface area contributed by atoms with Crippen molar-refractivity contribution in [3.8, 4) is 0 Å². The number of nitrogens with zero attached hydrogens (tertiary/aromatic N) is 2. The van der Waals surface area contributed by atoms with E-state index in [0.717, 1.165) is 17.5 Å². The number of carbonyl (C=O) groups excluding carboxylic acids is 2. The van der Waals surface area contributed by atoms with Crippen LogP contribution in [0.2, 0.25) is 0 Å². The zero-order valence-corrected chi connectivity index (χ0v) is 16.6. The third kappa shape index (κ3) is 4.17. The number of anilines is 2. The summed E-state index contributed by atoms with van der Waals surface area (Å²) in [6, 6.07) is 13.9. The van der Waals surface area contributed by atoms with E-state index in [1.807, 2.05) is 37.3 Å². The molecule has 2 aromatic rings. The largest absolute Gasteiger partial charge is 0.452 e. The van der Waals surface area contributed by atoms with Crippen LogP contribution in [-0.2, 0) is 26.0 Å². The van der Waals surface area contributed by atoms with E-state index in [2.05, 4.69) is 0 Å². The Balaban J connectivity index is 1.67. The molecule has 1 amide bonds. The van der Waals surface area contributed by atoms with Crippen molar-refractivity contribution in [2.24, 2.45) is 0 Å². The highest BCUT2D eigenvalue weighted by molar-refractivity contribution is 7.92. The number of amides is 1. The topological polar surface area (TPSA) is 84.0 Å². The van der Waals surface area contributed by atoms with Gasteiger partial charge in [-0.3, -0.25) is 9.10 Å². The maximum absolute atomic E-state index is 12.4. The van der Waals surface area contributed by atoms with Gasteiger partial charge in [-0.15, -0.1) is 0 Å². The van der Waals surface area contributed by atoms with Crippen LogP contribution in [-0.4, -0.2) is 46.2 Å². The third-order valence-electron chi connectivity index (χ3n) is 4.58. The number of sulfonamides is 1. The van der Waals surface area contributed by atoms with E-state index in [0.29, 0.717) is 30.8 Å². The molecule has 7 nitrogen and oxygen atoms in total. The fourth-order valence-corrected chi connectivity index (χ4v) is 4.20. The summed E-state index contributed by atoms with van der Waals surface area (Å²) in [4.78, 5) is 26.3. The molecule has 0 bridgehead atoms. The monoisotopic (exact) mass is 402 g/mol. The zero-order chi connectivity index (χ0) is 20.3. The highest BCUT2D eigenvalue weighted by atomic mass is 32.2. The lowest BCUT2D eigenvalue weighted by molar-refractivity contribution is -0.121. The van der Waals surface area contributed by atoms with Crippen molar-refractivity contribution in [2.45, 2.75) is 13.3 Å². The maximum atomic E-state index is 12.4. The molecule has 0 saturated heterocycles. The predicted molar refractivity (Wildman–Crippen MR) is 107 cm³/mol. The molecule has 3 rings (SSSR count). The molecule has 0 aromatic heterocycles. The average Bonchev–Trinajstić information content (AvgIpc) is 3.11. The first kappa shape index (κ1) is 19.9. The summed E-state index contributed by atoms with van der Waals surface area (Å²) in [5.41, 5.74) is 2.39. The van der Waals surface area contributed by atoms with Gasteiger partial charge in [-0.2, -0.15) is 0 Å². The number of rotatable bonds is 6. The highest BCUT2D eigenvalue weighted by Crippen LogP contribution is 2.30. The maximum Gasteiger partial charge on any atom is 0.338 e. The van der Waals surface area contributed by atoms with Crippen LogP contribution >= 0.6 is 0 Å². The Morgan fingerprint density at radius 3 is 2.50 bits per heavy atom. The lowest BCUT2D eigenvalue weighted by Crippen LogP contribution is -2.34.